The van der Waals surface area contributed by atoms with E-state index >= 15 is 0 Å². The first-order valence-electron chi connectivity index (χ1n) is 11.2. The summed E-state index contributed by atoms with van der Waals surface area (Å²) in [4.78, 5) is 19.4. The van der Waals surface area contributed by atoms with Gasteiger partial charge in [0.15, 0.2) is 5.96 Å². The molecule has 2 unspecified atom stereocenters. The average Bonchev–Trinajstić information content (AvgIpc) is 2.92. The van der Waals surface area contributed by atoms with Gasteiger partial charge >= 0.3 is 6.09 Å². The van der Waals surface area contributed by atoms with E-state index in [-0.39, 0.29) is 42.2 Å². The van der Waals surface area contributed by atoms with E-state index in [0.29, 0.717) is 6.04 Å². The van der Waals surface area contributed by atoms with Crippen LogP contribution in [0.4, 0.5) is 4.79 Å². The maximum atomic E-state index is 12.6. The number of hydrogen-bond acceptors (Lipinski definition) is 4. The Morgan fingerprint density at radius 1 is 1.30 bits per heavy atom. The van der Waals surface area contributed by atoms with Crippen molar-refractivity contribution in [3.63, 3.8) is 0 Å². The lowest BCUT2D eigenvalue weighted by molar-refractivity contribution is 0.00545. The van der Waals surface area contributed by atoms with Crippen molar-refractivity contribution in [2.45, 2.75) is 89.9 Å². The third-order valence-electron chi connectivity index (χ3n) is 5.78. The SMILES string of the molecule is CCNC(=NCCC1=CCOCC1)NC1CC2CCC(C1)N2C(=O)OC(C)(C)C.I. The highest BCUT2D eigenvalue weighted by atomic mass is 127. The van der Waals surface area contributed by atoms with E-state index in [1.54, 1.807) is 0 Å². The number of rotatable bonds is 5. The number of carbonyl (C=O) groups is 1. The van der Waals surface area contributed by atoms with Gasteiger partial charge in [-0.1, -0.05) is 11.6 Å². The fraction of sp³-hybridized carbons (Fsp3) is 0.818. The summed E-state index contributed by atoms with van der Waals surface area (Å²) in [7, 11) is 0. The number of aliphatic imine (C=N–C) groups is 1. The first kappa shape index (κ1) is 25.2. The molecular weight excluding hydrogens is 495 g/mol. The Hall–Kier alpha value is -1.03. The molecule has 2 fully saturated rings. The van der Waals surface area contributed by atoms with Gasteiger partial charge in [-0.15, -0.1) is 24.0 Å². The van der Waals surface area contributed by atoms with Crippen molar-refractivity contribution >= 4 is 36.0 Å². The van der Waals surface area contributed by atoms with Crippen LogP contribution < -0.4 is 10.6 Å². The van der Waals surface area contributed by atoms with Crippen LogP contribution >= 0.6 is 24.0 Å². The summed E-state index contributed by atoms with van der Waals surface area (Å²) in [5.41, 5.74) is 0.996. The normalized spacial score (nSPS) is 26.5. The molecular formula is C22H39IN4O3. The highest BCUT2D eigenvalue weighted by Gasteiger charge is 2.45. The molecule has 30 heavy (non-hydrogen) atoms. The third kappa shape index (κ3) is 7.28. The number of piperidine rings is 1. The van der Waals surface area contributed by atoms with E-state index in [1.165, 1.54) is 5.57 Å². The largest absolute Gasteiger partial charge is 0.444 e. The molecule has 3 heterocycles. The van der Waals surface area contributed by atoms with E-state index < -0.39 is 5.60 Å². The number of nitrogens with one attached hydrogen (secondary N) is 2. The molecule has 0 saturated carbocycles. The standard InChI is InChI=1S/C22H38N4O3.HI/c1-5-23-20(24-11-8-16-9-12-28-13-10-16)25-17-14-18-6-7-19(15-17)26(18)21(27)29-22(2,3)4;/h9,17-19H,5-8,10-15H2,1-4H3,(H2,23,24,25);1H. The van der Waals surface area contributed by atoms with Gasteiger partial charge in [0.1, 0.15) is 5.60 Å². The van der Waals surface area contributed by atoms with Crippen molar-refractivity contribution in [1.82, 2.24) is 15.5 Å². The van der Waals surface area contributed by atoms with Crippen LogP contribution in [0.1, 0.15) is 66.2 Å². The molecule has 2 saturated heterocycles. The molecule has 2 atom stereocenters. The minimum Gasteiger partial charge on any atom is -0.444 e. The summed E-state index contributed by atoms with van der Waals surface area (Å²) in [6, 6.07) is 0.860. The van der Waals surface area contributed by atoms with Crippen molar-refractivity contribution < 1.29 is 14.3 Å². The number of amides is 1. The smallest absolute Gasteiger partial charge is 0.410 e. The van der Waals surface area contributed by atoms with E-state index in [2.05, 4.69) is 23.6 Å². The van der Waals surface area contributed by atoms with Crippen LogP contribution in [0.3, 0.4) is 0 Å². The molecule has 0 aromatic rings. The van der Waals surface area contributed by atoms with Crippen LogP contribution in [0.15, 0.2) is 16.6 Å². The average molecular weight is 534 g/mol. The van der Waals surface area contributed by atoms with E-state index in [9.17, 15) is 4.79 Å². The molecule has 0 spiro atoms. The van der Waals surface area contributed by atoms with Gasteiger partial charge in [0, 0.05) is 31.2 Å². The monoisotopic (exact) mass is 534 g/mol. The van der Waals surface area contributed by atoms with Crippen LogP contribution in [0, 0.1) is 0 Å². The minimum absolute atomic E-state index is 0. The van der Waals surface area contributed by atoms with Gasteiger partial charge in [0.25, 0.3) is 0 Å². The molecule has 3 aliphatic rings. The molecule has 2 N–H and O–H groups in total. The summed E-state index contributed by atoms with van der Waals surface area (Å²) in [5.74, 6) is 0.885. The minimum atomic E-state index is -0.448. The van der Waals surface area contributed by atoms with Gasteiger partial charge < -0.3 is 25.0 Å². The molecule has 8 heteroatoms. The quantitative estimate of drug-likeness (QED) is 0.243. The van der Waals surface area contributed by atoms with Crippen molar-refractivity contribution in [3.05, 3.63) is 11.6 Å². The molecule has 3 rings (SSSR count). The summed E-state index contributed by atoms with van der Waals surface area (Å²) >= 11 is 0. The predicted octanol–water partition coefficient (Wildman–Crippen LogP) is 3.83. The molecule has 0 aliphatic carbocycles. The first-order valence-corrected chi connectivity index (χ1v) is 11.2. The highest BCUT2D eigenvalue weighted by molar-refractivity contribution is 14.0. The summed E-state index contributed by atoms with van der Waals surface area (Å²) in [5, 5.41) is 6.99. The molecule has 172 valence electrons. The highest BCUT2D eigenvalue weighted by Crippen LogP contribution is 2.36. The molecule has 3 aliphatic heterocycles. The van der Waals surface area contributed by atoms with Gasteiger partial charge in [0.05, 0.1) is 13.2 Å². The maximum absolute atomic E-state index is 12.6. The summed E-state index contributed by atoms with van der Waals surface area (Å²) < 4.78 is 11.0. The number of carbonyl (C=O) groups excluding carboxylic acids is 1. The van der Waals surface area contributed by atoms with Gasteiger partial charge in [0.2, 0.25) is 0 Å². The van der Waals surface area contributed by atoms with Gasteiger partial charge in [-0.05, 0) is 66.2 Å². The van der Waals surface area contributed by atoms with Crippen LogP contribution in [0.2, 0.25) is 0 Å². The molecule has 2 bridgehead atoms. The van der Waals surface area contributed by atoms with Crippen molar-refractivity contribution in [1.29, 1.82) is 0 Å². The zero-order valence-electron chi connectivity index (χ0n) is 18.9. The Balaban J connectivity index is 0.00000320. The zero-order valence-corrected chi connectivity index (χ0v) is 21.2. The number of fused-ring (bicyclic) bond motifs is 2. The second-order valence-electron chi connectivity index (χ2n) is 9.28. The Bertz CT molecular complexity index is 618. The summed E-state index contributed by atoms with van der Waals surface area (Å²) in [6.07, 6.45) is 8.05. The second-order valence-corrected chi connectivity index (χ2v) is 9.28. The first-order chi connectivity index (χ1) is 13.9. The van der Waals surface area contributed by atoms with Crippen molar-refractivity contribution in [2.75, 3.05) is 26.3 Å². The van der Waals surface area contributed by atoms with Crippen LogP contribution in [-0.4, -0.2) is 67.0 Å². The molecule has 7 nitrogen and oxygen atoms in total. The van der Waals surface area contributed by atoms with Crippen LogP contribution in [0.5, 0.6) is 0 Å². The second kappa shape index (κ2) is 11.5. The lowest BCUT2D eigenvalue weighted by Crippen LogP contribution is -2.55. The van der Waals surface area contributed by atoms with Crippen LogP contribution in [-0.2, 0) is 9.47 Å². The number of nitrogens with zero attached hydrogens (tertiary/aromatic N) is 2. The third-order valence-corrected chi connectivity index (χ3v) is 5.78. The number of guanidine groups is 1. The Labute approximate surface area is 198 Å². The lowest BCUT2D eigenvalue weighted by atomic mass is 9.98. The zero-order chi connectivity index (χ0) is 20.9. The van der Waals surface area contributed by atoms with E-state index in [1.807, 2.05) is 25.7 Å². The van der Waals surface area contributed by atoms with E-state index in [4.69, 9.17) is 14.5 Å². The number of hydrogen-bond donors (Lipinski definition) is 2. The van der Waals surface area contributed by atoms with Gasteiger partial charge in [-0.2, -0.15) is 0 Å². The fourth-order valence-electron chi connectivity index (χ4n) is 4.52. The fourth-order valence-corrected chi connectivity index (χ4v) is 4.52. The number of halogens is 1. The Kier molecular flexibility index (Phi) is 9.71. The van der Waals surface area contributed by atoms with Crippen LogP contribution in [0.25, 0.3) is 0 Å². The van der Waals surface area contributed by atoms with Crippen molar-refractivity contribution in [2.24, 2.45) is 4.99 Å². The number of ether oxygens (including phenoxy) is 2. The topological polar surface area (TPSA) is 75.2 Å². The lowest BCUT2D eigenvalue weighted by Gasteiger charge is -2.40. The maximum Gasteiger partial charge on any atom is 0.410 e. The van der Waals surface area contributed by atoms with Gasteiger partial charge in [-0.25, -0.2) is 4.79 Å². The Morgan fingerprint density at radius 3 is 2.57 bits per heavy atom. The van der Waals surface area contributed by atoms with Crippen molar-refractivity contribution in [3.8, 4) is 0 Å². The summed E-state index contributed by atoms with van der Waals surface area (Å²) in [6.45, 7) is 11.1. The molecule has 0 aromatic heterocycles. The predicted molar refractivity (Wildman–Crippen MR) is 131 cm³/mol. The van der Waals surface area contributed by atoms with E-state index in [0.717, 1.165) is 70.8 Å². The van der Waals surface area contributed by atoms with Gasteiger partial charge in [-0.3, -0.25) is 4.99 Å². The molecule has 0 aromatic carbocycles. The molecule has 0 radical (unpaired) electrons. The molecule has 1 amide bonds. The Morgan fingerprint density at radius 2 is 2.00 bits per heavy atom.